The summed E-state index contributed by atoms with van der Waals surface area (Å²) >= 11 is 0. The summed E-state index contributed by atoms with van der Waals surface area (Å²) in [5.74, 6) is 0. The molecule has 0 aromatic heterocycles. The second-order valence-electron chi connectivity index (χ2n) is 4.91. The Kier molecular flexibility index (Phi) is 5.13. The molecule has 0 saturated heterocycles. The topological polar surface area (TPSA) is 32.3 Å². The highest BCUT2D eigenvalue weighted by Gasteiger charge is 2.13. The monoisotopic (exact) mass is 255 g/mol. The van der Waals surface area contributed by atoms with Gasteiger partial charge >= 0.3 is 0 Å². The Labute approximate surface area is 115 Å². The van der Waals surface area contributed by atoms with Gasteiger partial charge in [0.1, 0.15) is 0 Å². The van der Waals surface area contributed by atoms with Crippen LogP contribution in [0.15, 0.2) is 60.7 Å². The van der Waals surface area contributed by atoms with E-state index < -0.39 is 0 Å². The lowest BCUT2D eigenvalue weighted by atomic mass is 10.0. The van der Waals surface area contributed by atoms with Crippen molar-refractivity contribution in [1.29, 1.82) is 0 Å². The van der Waals surface area contributed by atoms with Crippen LogP contribution >= 0.6 is 0 Å². The van der Waals surface area contributed by atoms with Gasteiger partial charge in [0.2, 0.25) is 0 Å². The summed E-state index contributed by atoms with van der Waals surface area (Å²) < 4.78 is 0. The summed E-state index contributed by atoms with van der Waals surface area (Å²) in [5, 5.41) is 13.2. The van der Waals surface area contributed by atoms with Crippen LogP contribution in [0.25, 0.3) is 0 Å². The number of nitrogens with one attached hydrogen (secondary N) is 1. The van der Waals surface area contributed by atoms with Gasteiger partial charge in [-0.25, -0.2) is 0 Å². The molecule has 2 rings (SSSR count). The summed E-state index contributed by atoms with van der Waals surface area (Å²) in [6, 6.07) is 20.8. The molecule has 100 valence electrons. The third-order valence-corrected chi connectivity index (χ3v) is 3.17. The fourth-order valence-electron chi connectivity index (χ4n) is 2.20. The average Bonchev–Trinajstić information content (AvgIpc) is 2.45. The Morgan fingerprint density at radius 1 is 0.947 bits per heavy atom. The van der Waals surface area contributed by atoms with Crippen LogP contribution in [0.2, 0.25) is 0 Å². The molecule has 0 radical (unpaired) electrons. The smallest absolute Gasteiger partial charge is 0.0530 e. The minimum absolute atomic E-state index is 0.182. The van der Waals surface area contributed by atoms with Gasteiger partial charge in [-0.1, -0.05) is 60.7 Å². The minimum Gasteiger partial charge on any atom is -0.393 e. The first-order valence-corrected chi connectivity index (χ1v) is 6.76. The molecule has 2 heteroatoms. The zero-order valence-corrected chi connectivity index (χ0v) is 11.3. The normalized spacial score (nSPS) is 14.0. The van der Waals surface area contributed by atoms with Crippen molar-refractivity contribution in [2.75, 3.05) is 0 Å². The van der Waals surface area contributed by atoms with Crippen LogP contribution in [0.4, 0.5) is 0 Å². The maximum absolute atomic E-state index is 9.64. The molecule has 0 aliphatic heterocycles. The van der Waals surface area contributed by atoms with Gasteiger partial charge < -0.3 is 10.4 Å². The first-order valence-electron chi connectivity index (χ1n) is 6.76. The molecule has 2 atom stereocenters. The molecule has 19 heavy (non-hydrogen) atoms. The maximum atomic E-state index is 9.64. The van der Waals surface area contributed by atoms with Crippen LogP contribution < -0.4 is 5.32 Å². The van der Waals surface area contributed by atoms with E-state index in [1.807, 2.05) is 43.3 Å². The molecule has 0 bridgehead atoms. The molecular formula is C17H21NO. The van der Waals surface area contributed by atoms with Crippen LogP contribution in [0, 0.1) is 0 Å². The van der Waals surface area contributed by atoms with E-state index in [4.69, 9.17) is 0 Å². The van der Waals surface area contributed by atoms with Crippen molar-refractivity contribution < 1.29 is 5.11 Å². The first-order chi connectivity index (χ1) is 9.25. The van der Waals surface area contributed by atoms with Crippen LogP contribution in [0.3, 0.4) is 0 Å². The molecule has 0 heterocycles. The number of benzene rings is 2. The van der Waals surface area contributed by atoms with Crippen LogP contribution in [0.5, 0.6) is 0 Å². The molecule has 0 aliphatic rings. The second kappa shape index (κ2) is 7.07. The average molecular weight is 255 g/mol. The molecule has 2 nitrogen and oxygen atoms in total. The van der Waals surface area contributed by atoms with Crippen molar-refractivity contribution in [2.45, 2.75) is 32.0 Å². The third-order valence-electron chi connectivity index (χ3n) is 3.17. The van der Waals surface area contributed by atoms with E-state index in [9.17, 15) is 5.11 Å². The van der Waals surface area contributed by atoms with Crippen molar-refractivity contribution in [3.05, 3.63) is 71.8 Å². The van der Waals surface area contributed by atoms with Crippen LogP contribution in [-0.4, -0.2) is 11.2 Å². The zero-order chi connectivity index (χ0) is 13.5. The molecule has 2 aromatic carbocycles. The van der Waals surface area contributed by atoms with Crippen molar-refractivity contribution in [3.63, 3.8) is 0 Å². The summed E-state index contributed by atoms with van der Waals surface area (Å²) in [4.78, 5) is 0. The Balaban J connectivity index is 2.02. The summed E-state index contributed by atoms with van der Waals surface area (Å²) in [5.41, 5.74) is 2.48. The van der Waals surface area contributed by atoms with Crippen LogP contribution in [0.1, 0.15) is 30.5 Å². The van der Waals surface area contributed by atoms with E-state index in [-0.39, 0.29) is 12.1 Å². The molecule has 2 aromatic rings. The fraction of sp³-hybridized carbons (Fsp3) is 0.294. The first kappa shape index (κ1) is 13.8. The molecule has 0 saturated carbocycles. The lowest BCUT2D eigenvalue weighted by Crippen LogP contribution is -2.24. The SMILES string of the molecule is C[C@H](O)C[C@@H](NCc1ccccc1)c1ccccc1. The Hall–Kier alpha value is -1.64. The highest BCUT2D eigenvalue weighted by Crippen LogP contribution is 2.19. The standard InChI is InChI=1S/C17H21NO/c1-14(19)12-17(16-10-6-3-7-11-16)18-13-15-8-4-2-5-9-15/h2-11,14,17-19H,12-13H2,1H3/t14-,17+/m0/s1. The molecule has 0 spiro atoms. The Morgan fingerprint density at radius 3 is 2.11 bits per heavy atom. The van der Waals surface area contributed by atoms with Crippen LogP contribution in [-0.2, 0) is 6.54 Å². The zero-order valence-electron chi connectivity index (χ0n) is 11.3. The minimum atomic E-state index is -0.312. The van der Waals surface area contributed by atoms with Gasteiger partial charge in [-0.15, -0.1) is 0 Å². The van der Waals surface area contributed by atoms with Gasteiger partial charge in [0.15, 0.2) is 0 Å². The Morgan fingerprint density at radius 2 is 1.53 bits per heavy atom. The highest BCUT2D eigenvalue weighted by molar-refractivity contribution is 5.20. The lowest BCUT2D eigenvalue weighted by molar-refractivity contribution is 0.167. The van der Waals surface area contributed by atoms with Gasteiger partial charge in [-0.05, 0) is 24.5 Å². The van der Waals surface area contributed by atoms with E-state index >= 15 is 0 Å². The van der Waals surface area contributed by atoms with Gasteiger partial charge in [0.05, 0.1) is 6.10 Å². The van der Waals surface area contributed by atoms with Gasteiger partial charge in [0, 0.05) is 12.6 Å². The second-order valence-corrected chi connectivity index (χ2v) is 4.91. The molecule has 0 aliphatic carbocycles. The highest BCUT2D eigenvalue weighted by atomic mass is 16.3. The third kappa shape index (κ3) is 4.51. The van der Waals surface area contributed by atoms with Gasteiger partial charge in [-0.2, -0.15) is 0 Å². The lowest BCUT2D eigenvalue weighted by Gasteiger charge is -2.20. The molecule has 0 unspecified atom stereocenters. The molecule has 0 amide bonds. The number of hydrogen-bond acceptors (Lipinski definition) is 2. The predicted molar refractivity (Wildman–Crippen MR) is 78.8 cm³/mol. The molecule has 2 N–H and O–H groups in total. The number of aliphatic hydroxyl groups excluding tert-OH is 1. The van der Waals surface area contributed by atoms with E-state index in [1.54, 1.807) is 0 Å². The number of hydrogen-bond donors (Lipinski definition) is 2. The van der Waals surface area contributed by atoms with Gasteiger partial charge in [-0.3, -0.25) is 0 Å². The maximum Gasteiger partial charge on any atom is 0.0530 e. The predicted octanol–water partition coefficient (Wildman–Crippen LogP) is 3.29. The fourth-order valence-corrected chi connectivity index (χ4v) is 2.20. The Bertz CT molecular complexity index is 467. The summed E-state index contributed by atoms with van der Waals surface area (Å²) in [6.45, 7) is 2.65. The van der Waals surface area contributed by atoms with E-state index in [0.717, 1.165) is 13.0 Å². The van der Waals surface area contributed by atoms with Crippen molar-refractivity contribution in [2.24, 2.45) is 0 Å². The van der Waals surface area contributed by atoms with Crippen molar-refractivity contribution in [1.82, 2.24) is 5.32 Å². The van der Waals surface area contributed by atoms with Crippen molar-refractivity contribution in [3.8, 4) is 0 Å². The summed E-state index contributed by atoms with van der Waals surface area (Å²) in [6.07, 6.45) is 0.408. The van der Waals surface area contributed by atoms with E-state index in [2.05, 4.69) is 29.6 Å². The van der Waals surface area contributed by atoms with Crippen molar-refractivity contribution >= 4 is 0 Å². The van der Waals surface area contributed by atoms with E-state index in [0.29, 0.717) is 0 Å². The number of rotatable bonds is 6. The molecular weight excluding hydrogens is 234 g/mol. The number of aliphatic hydroxyl groups is 1. The summed E-state index contributed by atoms with van der Waals surface area (Å²) in [7, 11) is 0. The molecule has 0 fully saturated rings. The van der Waals surface area contributed by atoms with E-state index in [1.165, 1.54) is 11.1 Å². The quantitative estimate of drug-likeness (QED) is 0.830. The van der Waals surface area contributed by atoms with Gasteiger partial charge in [0.25, 0.3) is 0 Å². The largest absolute Gasteiger partial charge is 0.393 e.